The topological polar surface area (TPSA) is 673 Å². The van der Waals surface area contributed by atoms with Gasteiger partial charge >= 0.3 is 28.2 Å². The minimum Gasteiger partial charge on any atom is -0.505 e. The van der Waals surface area contributed by atoms with E-state index in [0.29, 0.717) is 12.0 Å². The zero-order valence-corrected chi connectivity index (χ0v) is 58.2. The highest BCUT2D eigenvalue weighted by Crippen LogP contribution is 2.51. The van der Waals surface area contributed by atoms with Crippen LogP contribution in [0.1, 0.15) is 10.4 Å². The first kappa shape index (κ1) is 78.8. The van der Waals surface area contributed by atoms with Crippen molar-refractivity contribution in [3.8, 4) is 11.7 Å². The van der Waals surface area contributed by atoms with E-state index in [9.17, 15) is 78.6 Å². The third-order valence-electron chi connectivity index (χ3n) is 13.3. The average molecular weight is 1620 g/mol. The molecule has 2 heterocycles. The fourth-order valence-electron chi connectivity index (χ4n) is 9.01. The number of carbonyl (C=O) groups is 1. The summed E-state index contributed by atoms with van der Waals surface area (Å²) in [5, 5.41) is 80.8. The molecule has 0 fully saturated rings. The highest BCUT2D eigenvalue weighted by Gasteiger charge is 2.29. The van der Waals surface area contributed by atoms with E-state index in [1.54, 1.807) is 18.2 Å². The zero-order chi connectivity index (χ0) is 75.7. The van der Waals surface area contributed by atoms with Crippen molar-refractivity contribution < 1.29 is 136 Å². The van der Waals surface area contributed by atoms with Gasteiger partial charge in [-0.2, -0.15) is 42.1 Å². The summed E-state index contributed by atoms with van der Waals surface area (Å²) in [6.45, 7) is -1.41. The van der Waals surface area contributed by atoms with Crippen LogP contribution < -0.4 is 32.0 Å². The Morgan fingerprint density at radius 3 is 1.79 bits per heavy atom. The molecule has 0 radical (unpaired) electrons. The minimum atomic E-state index is -5.41. The molecule has 0 aliphatic heterocycles. The Bertz CT molecular complexity index is 5680. The van der Waals surface area contributed by atoms with Crippen LogP contribution in [0.15, 0.2) is 187 Å². The molecular weight excluding hydrogens is 1580 g/mol. The van der Waals surface area contributed by atoms with Crippen molar-refractivity contribution in [3.05, 3.63) is 127 Å². The third-order valence-corrected chi connectivity index (χ3v) is 20.9. The summed E-state index contributed by atoms with van der Waals surface area (Å²) in [6.07, 6.45) is 3.02. The maximum absolute atomic E-state index is 13.2. The predicted molar refractivity (Wildman–Crippen MR) is 358 cm³/mol. The van der Waals surface area contributed by atoms with E-state index < -0.39 is 172 Å². The van der Waals surface area contributed by atoms with Gasteiger partial charge in [0.05, 0.1) is 104 Å². The van der Waals surface area contributed by atoms with Crippen LogP contribution in [0.2, 0.25) is 0 Å². The van der Waals surface area contributed by atoms with Gasteiger partial charge in [-0.1, -0.05) is 39.4 Å². The maximum Gasteiger partial charge on any atom is 0.444 e. The molecule has 2 aromatic heterocycles. The number of phenols is 1. The fraction of sp³-hybridized carbons (Fsp3) is 0.0784. The monoisotopic (exact) mass is 1620 g/mol. The molecular formula is C51H44N15O29S9+. The number of nitrogens with zero attached hydrogens (tertiary/aromatic N) is 10. The molecule has 16 N–H and O–H groups in total. The summed E-state index contributed by atoms with van der Waals surface area (Å²) >= 11 is 0.649. The Hall–Kier alpha value is -9.36. The molecule has 0 aliphatic carbocycles. The van der Waals surface area contributed by atoms with Crippen LogP contribution in [0, 0.1) is 0 Å². The number of aromatic hydroxyl groups is 1. The fourth-order valence-corrected chi connectivity index (χ4v) is 14.6. The van der Waals surface area contributed by atoms with Crippen molar-refractivity contribution in [3.63, 3.8) is 0 Å². The smallest absolute Gasteiger partial charge is 0.444 e. The lowest BCUT2D eigenvalue weighted by Crippen LogP contribution is -2.32. The van der Waals surface area contributed by atoms with Crippen molar-refractivity contribution in [2.24, 2.45) is 30.7 Å². The highest BCUT2D eigenvalue weighted by molar-refractivity contribution is 7.95. The number of carbonyl (C=O) groups excluding carboxylic acids is 1. The lowest BCUT2D eigenvalue weighted by atomic mass is 10.1. The van der Waals surface area contributed by atoms with E-state index in [4.69, 9.17) is 31.8 Å². The number of fused-ring (bicyclic) bond motifs is 2. The molecule has 1 amide bonds. The van der Waals surface area contributed by atoms with Crippen LogP contribution in [-0.2, 0) is 93.0 Å². The van der Waals surface area contributed by atoms with E-state index in [1.807, 2.05) is 0 Å². The van der Waals surface area contributed by atoms with E-state index in [-0.39, 0.29) is 85.4 Å². The second-order valence-electron chi connectivity index (χ2n) is 20.0. The van der Waals surface area contributed by atoms with Crippen LogP contribution in [0.25, 0.3) is 27.5 Å². The van der Waals surface area contributed by atoms with Gasteiger partial charge in [0.15, 0.2) is 15.6 Å². The number of nitrogens with two attached hydrogens (primary N) is 2. The number of nitrogen functional groups attached to an aromatic ring is 2. The van der Waals surface area contributed by atoms with Crippen LogP contribution in [0.5, 0.6) is 5.75 Å². The molecule has 0 aliphatic rings. The number of aromatic nitrogens is 4. The summed E-state index contributed by atoms with van der Waals surface area (Å²) in [5.41, 5.74) is 7.65. The molecule has 0 saturated heterocycles. The normalized spacial score (nSPS) is 12.7. The molecule has 44 nitrogen and oxygen atoms in total. The molecule has 0 atom stereocenters. The SMILES string of the molecule is Nc1cc(Nc2nc(Nc3ccc(SOOO)c(N=Nc4c(S(=O)(=O)O)cc5cc(SOOO)c(N=Nc6ccc7c(S(=O)(=O)O)cccc7c6S(=O)(=O)O)c(O)c5c4N)c3)nc(-[n+]3ccccc3)n2)c(N=Nc2ccc(C(=O)NCCS(=O)(=O)CCOS(=O)(=O)O)cc2SOOO)cc1S(=O)(=O)O. The Morgan fingerprint density at radius 1 is 0.538 bits per heavy atom. The molecule has 7 aromatic carbocycles. The van der Waals surface area contributed by atoms with Gasteiger partial charge < -0.3 is 32.5 Å². The Kier molecular flexibility index (Phi) is 24.8. The van der Waals surface area contributed by atoms with Gasteiger partial charge in [-0.15, -0.1) is 48.7 Å². The standard InChI is InChI=1S/C51H43N15O29S9/c52-30-23-33(34(24-40(30)101(77,78)79)62-60-31-10-7-25(19-37(31)97-94-91-70)48(68)54-13-17-99(72,73)18-16-89-104(86,87)88)56-50-57-49(58-51(59-50)66-14-2-1-3-15-66)55-27-8-12-36(96-93-90-69)35(22-27)63-65-45-41(102(80,81)82)21-26-20-38(98-95-92-71)44(46(67)42(26)43(45)53)64-61-32-11-9-28-29(47(32)103(83,84)85)5-4-6-39(28)100(74,75)76/h1-12,14-15,19-24H,13,16-18,52-53H2,(H11-,54,55,56,57,58,59,67,68,69,70,71,74,75,76,77,78,79,80,81,82,83,84,85,86,87,88)/p+1. The molecule has 0 saturated carbocycles. The number of benzene rings is 7. The number of hydrogen-bond acceptors (Lipinski definition) is 40. The number of rotatable bonds is 32. The quantitative estimate of drug-likeness (QED) is 0.00358. The van der Waals surface area contributed by atoms with Crippen LogP contribution >= 0.6 is 36.1 Å². The number of phenolic OH excluding ortho intramolecular Hbond substituents is 1. The number of anilines is 6. The van der Waals surface area contributed by atoms with Gasteiger partial charge in [0.2, 0.25) is 0 Å². The number of amides is 1. The van der Waals surface area contributed by atoms with Crippen molar-refractivity contribution in [1.29, 1.82) is 0 Å². The molecule has 9 rings (SSSR count). The van der Waals surface area contributed by atoms with Crippen molar-refractivity contribution in [2.75, 3.05) is 46.8 Å². The van der Waals surface area contributed by atoms with Crippen LogP contribution in [-0.4, -0.2) is 140 Å². The number of nitrogens with one attached hydrogen (secondary N) is 3. The predicted octanol–water partition coefficient (Wildman–Crippen LogP) is 8.29. The molecule has 104 heavy (non-hydrogen) atoms. The Labute approximate surface area is 595 Å². The number of hydrogen-bond donors (Lipinski definition) is 14. The second kappa shape index (κ2) is 32.8. The van der Waals surface area contributed by atoms with Crippen molar-refractivity contribution in [1.82, 2.24) is 20.3 Å². The number of azo groups is 3. The molecule has 9 aromatic rings. The minimum absolute atomic E-state index is 0.0102. The Morgan fingerprint density at radius 2 is 1.14 bits per heavy atom. The van der Waals surface area contributed by atoms with Gasteiger partial charge in [0.1, 0.15) is 53.7 Å². The van der Waals surface area contributed by atoms with Crippen molar-refractivity contribution in [2.45, 2.75) is 34.3 Å². The first-order chi connectivity index (χ1) is 49.0. The van der Waals surface area contributed by atoms with Gasteiger partial charge in [0, 0.05) is 28.6 Å². The number of pyridine rings is 1. The van der Waals surface area contributed by atoms with Gasteiger partial charge in [-0.25, -0.2) is 32.9 Å². The largest absolute Gasteiger partial charge is 0.505 e. The first-order valence-electron chi connectivity index (χ1n) is 27.3. The van der Waals surface area contributed by atoms with Crippen molar-refractivity contribution >= 4 is 193 Å². The lowest BCUT2D eigenvalue weighted by Gasteiger charge is -2.14. The number of sulfone groups is 1. The van der Waals surface area contributed by atoms with Crippen LogP contribution in [0.3, 0.4) is 0 Å². The highest BCUT2D eigenvalue weighted by atomic mass is 32.3. The summed E-state index contributed by atoms with van der Waals surface area (Å²) in [6, 6.07) is 20.5. The average Bonchev–Trinajstić information content (AvgIpc) is 0.749. The third kappa shape index (κ3) is 19.9. The van der Waals surface area contributed by atoms with Gasteiger partial charge in [-0.3, -0.25) is 27.6 Å². The molecule has 550 valence electrons. The first-order valence-corrected chi connectivity index (χ1v) is 38.5. The van der Waals surface area contributed by atoms with Crippen LogP contribution in [0.4, 0.5) is 68.8 Å². The molecule has 0 spiro atoms. The summed E-state index contributed by atoms with van der Waals surface area (Å²) in [5.74, 6) is -4.30. The summed E-state index contributed by atoms with van der Waals surface area (Å²) in [4.78, 5) is 22.1. The Balaban J connectivity index is 1.08. The molecule has 0 unspecified atom stereocenters. The summed E-state index contributed by atoms with van der Waals surface area (Å²) in [7, 11) is -29.8. The molecule has 0 bridgehead atoms. The van der Waals surface area contributed by atoms with Gasteiger partial charge in [0.25, 0.3) is 46.4 Å². The second-order valence-corrected chi connectivity index (χ2v) is 31.1. The maximum atomic E-state index is 13.2. The van der Waals surface area contributed by atoms with E-state index in [0.717, 1.165) is 66.7 Å². The van der Waals surface area contributed by atoms with Gasteiger partial charge in [-0.05, 0) is 100 Å². The zero-order valence-electron chi connectivity index (χ0n) is 50.9. The lowest BCUT2D eigenvalue weighted by molar-refractivity contribution is -0.603. The van der Waals surface area contributed by atoms with E-state index in [2.05, 4.69) is 93.9 Å². The molecule has 53 heteroatoms. The van der Waals surface area contributed by atoms with E-state index >= 15 is 0 Å². The summed E-state index contributed by atoms with van der Waals surface area (Å²) < 4.78 is 217. The van der Waals surface area contributed by atoms with E-state index in [1.165, 1.54) is 41.2 Å².